The highest BCUT2D eigenvalue weighted by atomic mass is 32.1. The second-order valence-corrected chi connectivity index (χ2v) is 4.90. The highest BCUT2D eigenvalue weighted by molar-refractivity contribution is 7.22. The van der Waals surface area contributed by atoms with Gasteiger partial charge in [0, 0.05) is 17.8 Å². The Morgan fingerprint density at radius 1 is 1.00 bits per heavy atom. The van der Waals surface area contributed by atoms with Gasteiger partial charge in [0.2, 0.25) is 0 Å². The number of anilines is 2. The highest BCUT2D eigenvalue weighted by Gasteiger charge is 2.11. The largest absolute Gasteiger partial charge is 0.331 e. The lowest BCUT2D eigenvalue weighted by Gasteiger charge is -2.03. The Kier molecular flexibility index (Phi) is 2.87. The molecule has 0 bridgehead atoms. The van der Waals surface area contributed by atoms with Crippen LogP contribution in [0.15, 0.2) is 36.4 Å². The summed E-state index contributed by atoms with van der Waals surface area (Å²) < 4.78 is 39.9. The van der Waals surface area contributed by atoms with Gasteiger partial charge in [-0.15, -0.1) is 0 Å². The molecule has 0 atom stereocenters. The number of para-hydroxylation sites is 1. The first-order valence-electron chi connectivity index (χ1n) is 5.40. The van der Waals surface area contributed by atoms with Crippen LogP contribution >= 0.6 is 11.3 Å². The van der Waals surface area contributed by atoms with Gasteiger partial charge < -0.3 is 5.32 Å². The predicted octanol–water partition coefficient (Wildman–Crippen LogP) is 4.46. The topological polar surface area (TPSA) is 24.9 Å². The van der Waals surface area contributed by atoms with E-state index < -0.39 is 17.5 Å². The van der Waals surface area contributed by atoms with E-state index in [0.717, 1.165) is 22.3 Å². The van der Waals surface area contributed by atoms with Crippen LogP contribution < -0.4 is 5.32 Å². The van der Waals surface area contributed by atoms with E-state index in [1.54, 1.807) is 0 Å². The minimum absolute atomic E-state index is 0.121. The third-order valence-electron chi connectivity index (χ3n) is 2.53. The summed E-state index contributed by atoms with van der Waals surface area (Å²) >= 11 is 1.35. The summed E-state index contributed by atoms with van der Waals surface area (Å²) in [5, 5.41) is 3.26. The SMILES string of the molecule is Fc1cc(Nc2nc3ccccc3s2)cc(F)c1F. The summed E-state index contributed by atoms with van der Waals surface area (Å²) in [6.45, 7) is 0. The molecule has 0 aliphatic heterocycles. The smallest absolute Gasteiger partial charge is 0.194 e. The summed E-state index contributed by atoms with van der Waals surface area (Å²) in [7, 11) is 0. The second-order valence-electron chi connectivity index (χ2n) is 3.87. The van der Waals surface area contributed by atoms with E-state index in [-0.39, 0.29) is 5.69 Å². The Labute approximate surface area is 110 Å². The Morgan fingerprint density at radius 3 is 2.37 bits per heavy atom. The maximum atomic E-state index is 13.1. The molecular formula is C13H7F3N2S. The van der Waals surface area contributed by atoms with Gasteiger partial charge in [-0.05, 0) is 12.1 Å². The zero-order chi connectivity index (χ0) is 13.4. The molecule has 0 radical (unpaired) electrons. The fourth-order valence-corrected chi connectivity index (χ4v) is 2.56. The summed E-state index contributed by atoms with van der Waals surface area (Å²) in [6.07, 6.45) is 0. The fraction of sp³-hybridized carbons (Fsp3) is 0. The zero-order valence-electron chi connectivity index (χ0n) is 9.45. The molecule has 19 heavy (non-hydrogen) atoms. The minimum atomic E-state index is -1.48. The first kappa shape index (κ1) is 12.0. The van der Waals surface area contributed by atoms with Crippen LogP contribution in [0.4, 0.5) is 24.0 Å². The molecule has 6 heteroatoms. The van der Waals surface area contributed by atoms with Gasteiger partial charge in [-0.1, -0.05) is 23.5 Å². The molecule has 0 aliphatic carbocycles. The van der Waals surface area contributed by atoms with Crippen LogP contribution in [0.3, 0.4) is 0 Å². The molecule has 0 amide bonds. The van der Waals surface area contributed by atoms with E-state index in [0.29, 0.717) is 5.13 Å². The van der Waals surface area contributed by atoms with Gasteiger partial charge in [0.05, 0.1) is 10.2 Å². The standard InChI is InChI=1S/C13H7F3N2S/c14-8-5-7(6-9(15)12(8)16)17-13-18-10-3-1-2-4-11(10)19-13/h1-6H,(H,17,18). The molecule has 0 aliphatic rings. The molecule has 0 spiro atoms. The average Bonchev–Trinajstić information content (AvgIpc) is 2.78. The van der Waals surface area contributed by atoms with Crippen molar-refractivity contribution in [3.05, 3.63) is 53.8 Å². The molecule has 3 rings (SSSR count). The first-order chi connectivity index (χ1) is 9.13. The molecular weight excluding hydrogens is 273 g/mol. The van der Waals surface area contributed by atoms with Crippen molar-refractivity contribution in [3.63, 3.8) is 0 Å². The van der Waals surface area contributed by atoms with Crippen molar-refractivity contribution in [3.8, 4) is 0 Å². The maximum Gasteiger partial charge on any atom is 0.194 e. The van der Waals surface area contributed by atoms with Gasteiger partial charge in [0.25, 0.3) is 0 Å². The van der Waals surface area contributed by atoms with Crippen molar-refractivity contribution >= 4 is 32.4 Å². The summed E-state index contributed by atoms with van der Waals surface area (Å²) in [6, 6.07) is 9.24. The zero-order valence-corrected chi connectivity index (χ0v) is 10.3. The van der Waals surface area contributed by atoms with E-state index in [2.05, 4.69) is 10.3 Å². The van der Waals surface area contributed by atoms with Gasteiger partial charge in [0.15, 0.2) is 22.6 Å². The Morgan fingerprint density at radius 2 is 1.68 bits per heavy atom. The lowest BCUT2D eigenvalue weighted by atomic mass is 10.3. The van der Waals surface area contributed by atoms with E-state index in [4.69, 9.17) is 0 Å². The van der Waals surface area contributed by atoms with Crippen LogP contribution in [0.1, 0.15) is 0 Å². The van der Waals surface area contributed by atoms with E-state index in [1.807, 2.05) is 24.3 Å². The molecule has 2 aromatic carbocycles. The molecule has 1 heterocycles. The monoisotopic (exact) mass is 280 g/mol. The molecule has 96 valence electrons. The molecule has 1 aromatic heterocycles. The number of aromatic nitrogens is 1. The van der Waals surface area contributed by atoms with Crippen LogP contribution in [0.5, 0.6) is 0 Å². The van der Waals surface area contributed by atoms with Crippen molar-refractivity contribution in [2.45, 2.75) is 0 Å². The molecule has 0 saturated carbocycles. The van der Waals surface area contributed by atoms with Gasteiger partial charge >= 0.3 is 0 Å². The number of hydrogen-bond acceptors (Lipinski definition) is 3. The second kappa shape index (κ2) is 4.55. The summed E-state index contributed by atoms with van der Waals surface area (Å²) in [5.74, 6) is -3.94. The molecule has 0 unspecified atom stereocenters. The molecule has 0 fully saturated rings. The number of nitrogens with one attached hydrogen (secondary N) is 1. The van der Waals surface area contributed by atoms with Gasteiger partial charge in [-0.25, -0.2) is 18.2 Å². The molecule has 2 nitrogen and oxygen atoms in total. The van der Waals surface area contributed by atoms with Gasteiger partial charge in [-0.3, -0.25) is 0 Å². The molecule has 3 aromatic rings. The molecule has 0 saturated heterocycles. The Balaban J connectivity index is 1.96. The number of fused-ring (bicyclic) bond motifs is 1. The maximum absolute atomic E-state index is 13.1. The molecule has 1 N–H and O–H groups in total. The van der Waals surface area contributed by atoms with Crippen LogP contribution in [-0.4, -0.2) is 4.98 Å². The van der Waals surface area contributed by atoms with Crippen LogP contribution in [0.25, 0.3) is 10.2 Å². The number of hydrogen-bond donors (Lipinski definition) is 1. The van der Waals surface area contributed by atoms with Crippen molar-refractivity contribution in [2.24, 2.45) is 0 Å². The normalized spacial score (nSPS) is 10.9. The van der Waals surface area contributed by atoms with E-state index in [9.17, 15) is 13.2 Å². The number of nitrogens with zero attached hydrogens (tertiary/aromatic N) is 1. The number of benzene rings is 2. The highest BCUT2D eigenvalue weighted by Crippen LogP contribution is 2.28. The van der Waals surface area contributed by atoms with Gasteiger partial charge in [0.1, 0.15) is 0 Å². The quantitative estimate of drug-likeness (QED) is 0.701. The van der Waals surface area contributed by atoms with Crippen LogP contribution in [0.2, 0.25) is 0 Å². The van der Waals surface area contributed by atoms with E-state index >= 15 is 0 Å². The third-order valence-corrected chi connectivity index (χ3v) is 3.48. The number of halogens is 3. The number of thiazole rings is 1. The summed E-state index contributed by atoms with van der Waals surface area (Å²) in [4.78, 5) is 4.26. The van der Waals surface area contributed by atoms with Crippen LogP contribution in [-0.2, 0) is 0 Å². The summed E-state index contributed by atoms with van der Waals surface area (Å²) in [5.41, 5.74) is 0.911. The van der Waals surface area contributed by atoms with Crippen molar-refractivity contribution in [1.29, 1.82) is 0 Å². The predicted molar refractivity (Wildman–Crippen MR) is 69.2 cm³/mol. The third kappa shape index (κ3) is 2.26. The van der Waals surface area contributed by atoms with Crippen molar-refractivity contribution in [2.75, 3.05) is 5.32 Å². The first-order valence-corrected chi connectivity index (χ1v) is 6.22. The fourth-order valence-electron chi connectivity index (χ4n) is 1.68. The lowest BCUT2D eigenvalue weighted by Crippen LogP contribution is -1.95. The van der Waals surface area contributed by atoms with Crippen molar-refractivity contribution in [1.82, 2.24) is 4.98 Å². The minimum Gasteiger partial charge on any atom is -0.331 e. The van der Waals surface area contributed by atoms with Crippen molar-refractivity contribution < 1.29 is 13.2 Å². The van der Waals surface area contributed by atoms with E-state index in [1.165, 1.54) is 11.3 Å². The average molecular weight is 280 g/mol. The van der Waals surface area contributed by atoms with Crippen LogP contribution in [0, 0.1) is 17.5 Å². The number of rotatable bonds is 2. The lowest BCUT2D eigenvalue weighted by molar-refractivity contribution is 0.448. The van der Waals surface area contributed by atoms with Gasteiger partial charge in [-0.2, -0.15) is 0 Å². The Bertz CT molecular complexity index is 698. The Hall–Kier alpha value is -2.08.